The molecule has 3 rings (SSSR count). The average molecular weight is 420 g/mol. The zero-order valence-electron chi connectivity index (χ0n) is 16.9. The summed E-state index contributed by atoms with van der Waals surface area (Å²) in [5.74, 6) is -0.521. The molecule has 0 bridgehead atoms. The molecule has 1 aliphatic heterocycles. The first kappa shape index (κ1) is 22.0. The second-order valence-electron chi connectivity index (χ2n) is 7.42. The summed E-state index contributed by atoms with van der Waals surface area (Å²) in [5.41, 5.74) is 0.352. The van der Waals surface area contributed by atoms with Crippen molar-refractivity contribution in [2.75, 3.05) is 13.7 Å². The normalized spacial score (nSPS) is 20.4. The molecule has 2 aromatic carbocycles. The molecule has 0 saturated carbocycles. The molecule has 2 aromatic rings. The second-order valence-corrected chi connectivity index (χ2v) is 7.42. The number of hydrogen-bond donors (Lipinski definition) is 3. The van der Waals surface area contributed by atoms with E-state index in [1.807, 2.05) is 12.1 Å². The minimum absolute atomic E-state index is 0.0889. The molecule has 4 atom stereocenters. The van der Waals surface area contributed by atoms with E-state index >= 15 is 0 Å². The van der Waals surface area contributed by atoms with Gasteiger partial charge in [-0.3, -0.25) is 4.79 Å². The molecule has 1 heterocycles. The Hall–Kier alpha value is -2.71. The highest BCUT2D eigenvalue weighted by Crippen LogP contribution is 2.29. The van der Waals surface area contributed by atoms with Crippen molar-refractivity contribution in [3.05, 3.63) is 59.7 Å². The Kier molecular flexibility index (Phi) is 7.23. The third-order valence-corrected chi connectivity index (χ3v) is 5.08. The molecule has 0 aromatic heterocycles. The zero-order chi connectivity index (χ0) is 21.7. The first-order valence-corrected chi connectivity index (χ1v) is 9.79. The van der Waals surface area contributed by atoms with Crippen molar-refractivity contribution in [2.24, 2.45) is 0 Å². The van der Waals surface area contributed by atoms with Gasteiger partial charge in [-0.15, -0.1) is 0 Å². The van der Waals surface area contributed by atoms with E-state index in [0.29, 0.717) is 30.0 Å². The van der Waals surface area contributed by atoms with Crippen molar-refractivity contribution >= 4 is 5.91 Å². The largest absolute Gasteiger partial charge is 0.493 e. The van der Waals surface area contributed by atoms with Crippen molar-refractivity contribution in [3.8, 4) is 11.5 Å². The Morgan fingerprint density at radius 2 is 1.90 bits per heavy atom. The molecular weight excluding hydrogens is 394 g/mol. The van der Waals surface area contributed by atoms with Gasteiger partial charge in [0, 0.05) is 32.0 Å². The van der Waals surface area contributed by atoms with Crippen LogP contribution in [-0.4, -0.2) is 49.0 Å². The Morgan fingerprint density at radius 3 is 2.53 bits per heavy atom. The number of ether oxygens (including phenoxy) is 2. The topological polar surface area (TPSA) is 79.8 Å². The van der Waals surface area contributed by atoms with E-state index < -0.39 is 23.8 Å². The lowest BCUT2D eigenvalue weighted by atomic mass is 9.95. The molecule has 1 amide bonds. The number of hydrogen-bond acceptors (Lipinski definition) is 5. The summed E-state index contributed by atoms with van der Waals surface area (Å²) in [7, 11) is 1.56. The highest BCUT2D eigenvalue weighted by molar-refractivity contribution is 5.73. The molecule has 0 spiro atoms. The van der Waals surface area contributed by atoms with Gasteiger partial charge in [0.1, 0.15) is 17.7 Å². The van der Waals surface area contributed by atoms with Crippen LogP contribution in [-0.2, 0) is 11.2 Å². The number of rotatable bonds is 8. The number of carbonyl (C=O) groups excluding carboxylic acids is 1. The summed E-state index contributed by atoms with van der Waals surface area (Å²) in [6, 6.07) is 9.39. The first-order chi connectivity index (χ1) is 14.4. The van der Waals surface area contributed by atoms with Crippen LogP contribution in [0, 0.1) is 11.6 Å². The zero-order valence-corrected chi connectivity index (χ0v) is 16.9. The number of aliphatic hydroxyl groups excluding tert-OH is 1. The predicted molar refractivity (Wildman–Crippen MR) is 107 cm³/mol. The fourth-order valence-electron chi connectivity index (χ4n) is 3.76. The monoisotopic (exact) mass is 420 g/mol. The molecule has 162 valence electrons. The van der Waals surface area contributed by atoms with Crippen molar-refractivity contribution in [3.63, 3.8) is 0 Å². The standard InChI is InChI=1S/C22H26F2N2O4/c1-13(27)26-19(9-14-7-15(23)10-16(24)8-14)22(28)18-11-17(12-25-18)30-21-6-4-3-5-20(21)29-2/h3-8,10,17-19,22,25,28H,9,11-12H2,1-2H3,(H,26,27)/t17-,18-,19+,22+/m1/s1. The smallest absolute Gasteiger partial charge is 0.217 e. The molecule has 8 heteroatoms. The van der Waals surface area contributed by atoms with Gasteiger partial charge in [0.05, 0.1) is 19.3 Å². The number of amides is 1. The van der Waals surface area contributed by atoms with Gasteiger partial charge < -0.3 is 25.2 Å². The van der Waals surface area contributed by atoms with Gasteiger partial charge in [0.15, 0.2) is 11.5 Å². The predicted octanol–water partition coefficient (Wildman–Crippen LogP) is 2.19. The molecule has 0 unspecified atom stereocenters. The van der Waals surface area contributed by atoms with Crippen LogP contribution in [0.4, 0.5) is 8.78 Å². The second kappa shape index (κ2) is 9.86. The fourth-order valence-corrected chi connectivity index (χ4v) is 3.76. The Morgan fingerprint density at radius 1 is 1.23 bits per heavy atom. The SMILES string of the molecule is COc1ccccc1O[C@H]1CN[C@@H]([C@H](O)[C@H](Cc2cc(F)cc(F)c2)NC(C)=O)C1. The van der Waals surface area contributed by atoms with Gasteiger partial charge >= 0.3 is 0 Å². The van der Waals surface area contributed by atoms with Gasteiger partial charge in [0.25, 0.3) is 0 Å². The summed E-state index contributed by atoms with van der Waals surface area (Å²) in [4.78, 5) is 11.6. The number of halogens is 2. The summed E-state index contributed by atoms with van der Waals surface area (Å²) in [6.07, 6.45) is -0.602. The number of para-hydroxylation sites is 2. The van der Waals surface area contributed by atoms with Crippen LogP contribution < -0.4 is 20.1 Å². The Labute approximate surface area is 174 Å². The summed E-state index contributed by atoms with van der Waals surface area (Å²) in [6.45, 7) is 1.84. The number of benzene rings is 2. The lowest BCUT2D eigenvalue weighted by Crippen LogP contribution is -2.51. The van der Waals surface area contributed by atoms with E-state index in [1.54, 1.807) is 19.2 Å². The maximum Gasteiger partial charge on any atom is 0.217 e. The molecule has 1 saturated heterocycles. The maximum atomic E-state index is 13.5. The first-order valence-electron chi connectivity index (χ1n) is 9.79. The maximum absolute atomic E-state index is 13.5. The van der Waals surface area contributed by atoms with E-state index in [-0.39, 0.29) is 24.5 Å². The highest BCUT2D eigenvalue weighted by atomic mass is 19.1. The lowest BCUT2D eigenvalue weighted by Gasteiger charge is -2.28. The van der Waals surface area contributed by atoms with Crippen molar-refractivity contribution in [2.45, 2.75) is 44.1 Å². The summed E-state index contributed by atoms with van der Waals surface area (Å²) < 4.78 is 38.4. The Bertz CT molecular complexity index is 860. The van der Waals surface area contributed by atoms with Crippen LogP contribution in [0.2, 0.25) is 0 Å². The number of nitrogens with one attached hydrogen (secondary N) is 2. The van der Waals surface area contributed by atoms with Crippen LogP contribution in [0.25, 0.3) is 0 Å². The van der Waals surface area contributed by atoms with Gasteiger partial charge in [-0.1, -0.05) is 12.1 Å². The molecule has 30 heavy (non-hydrogen) atoms. The van der Waals surface area contributed by atoms with Gasteiger partial charge in [0.2, 0.25) is 5.91 Å². The number of aliphatic hydroxyl groups is 1. The number of carbonyl (C=O) groups is 1. The third-order valence-electron chi connectivity index (χ3n) is 5.08. The highest BCUT2D eigenvalue weighted by Gasteiger charge is 2.35. The van der Waals surface area contributed by atoms with E-state index in [1.165, 1.54) is 19.1 Å². The molecule has 0 aliphatic carbocycles. The van der Waals surface area contributed by atoms with Crippen LogP contribution in [0.1, 0.15) is 18.9 Å². The van der Waals surface area contributed by atoms with Gasteiger partial charge in [-0.25, -0.2) is 8.78 Å². The molecule has 0 radical (unpaired) electrons. The molecule has 1 fully saturated rings. The van der Waals surface area contributed by atoms with Crippen LogP contribution in [0.3, 0.4) is 0 Å². The van der Waals surface area contributed by atoms with E-state index in [0.717, 1.165) is 6.07 Å². The minimum Gasteiger partial charge on any atom is -0.493 e. The molecule has 6 nitrogen and oxygen atoms in total. The molecule has 1 aliphatic rings. The number of methoxy groups -OCH3 is 1. The molecule has 3 N–H and O–H groups in total. The lowest BCUT2D eigenvalue weighted by molar-refractivity contribution is -0.120. The van der Waals surface area contributed by atoms with Crippen LogP contribution in [0.15, 0.2) is 42.5 Å². The minimum atomic E-state index is -0.980. The fraction of sp³-hybridized carbons (Fsp3) is 0.409. The quantitative estimate of drug-likeness (QED) is 0.610. The van der Waals surface area contributed by atoms with E-state index in [9.17, 15) is 18.7 Å². The van der Waals surface area contributed by atoms with E-state index in [4.69, 9.17) is 9.47 Å². The van der Waals surface area contributed by atoms with Crippen molar-refractivity contribution in [1.29, 1.82) is 0 Å². The summed E-state index contributed by atoms with van der Waals surface area (Å²) >= 11 is 0. The van der Waals surface area contributed by atoms with Crippen molar-refractivity contribution < 1.29 is 28.2 Å². The van der Waals surface area contributed by atoms with Crippen LogP contribution >= 0.6 is 0 Å². The summed E-state index contributed by atoms with van der Waals surface area (Å²) in [5, 5.41) is 16.8. The Balaban J connectivity index is 1.67. The van der Waals surface area contributed by atoms with Crippen molar-refractivity contribution in [1.82, 2.24) is 10.6 Å². The van der Waals surface area contributed by atoms with E-state index in [2.05, 4.69) is 10.6 Å². The van der Waals surface area contributed by atoms with Gasteiger partial charge in [-0.2, -0.15) is 0 Å². The molecular formula is C22H26F2N2O4. The average Bonchev–Trinajstić information content (AvgIpc) is 3.14. The van der Waals surface area contributed by atoms with Crippen LogP contribution in [0.5, 0.6) is 11.5 Å². The van der Waals surface area contributed by atoms with Gasteiger partial charge in [-0.05, 0) is 36.2 Å². The third kappa shape index (κ3) is 5.67.